The number of aliphatic imine (C=N–C) groups is 1. The molecule has 0 saturated carbocycles. The van der Waals surface area contributed by atoms with Crippen molar-refractivity contribution in [1.29, 1.82) is 0 Å². The van der Waals surface area contributed by atoms with Gasteiger partial charge < -0.3 is 19.9 Å². The number of rotatable bonds is 6. The molecule has 0 radical (unpaired) electrons. The first-order valence-corrected chi connectivity index (χ1v) is 9.84. The Hall–Kier alpha value is -1.16. The number of guanidine groups is 1. The predicted molar refractivity (Wildman–Crippen MR) is 120 cm³/mol. The maximum atomic E-state index is 13.5. The van der Waals surface area contributed by atoms with E-state index in [4.69, 9.17) is 9.73 Å². The summed E-state index contributed by atoms with van der Waals surface area (Å²) in [6, 6.07) is 4.12. The van der Waals surface area contributed by atoms with Crippen molar-refractivity contribution in [1.82, 2.24) is 10.2 Å². The molecule has 5 nitrogen and oxygen atoms in total. The van der Waals surface area contributed by atoms with Gasteiger partial charge in [-0.05, 0) is 37.8 Å². The third-order valence-corrected chi connectivity index (χ3v) is 5.31. The Morgan fingerprint density at radius 1 is 1.29 bits per heavy atom. The lowest BCUT2D eigenvalue weighted by Crippen LogP contribution is -2.41. The molecule has 0 aromatic heterocycles. The second-order valence-corrected chi connectivity index (χ2v) is 7.50. The summed E-state index contributed by atoms with van der Waals surface area (Å²) in [5.74, 6) is 0.311. The summed E-state index contributed by atoms with van der Waals surface area (Å²) >= 11 is 0. The Kier molecular flexibility index (Phi) is 9.20. The smallest absolute Gasteiger partial charge is 0.193 e. The van der Waals surface area contributed by atoms with Crippen molar-refractivity contribution in [2.24, 2.45) is 16.8 Å². The minimum Gasteiger partial charge on any atom is -0.381 e. The van der Waals surface area contributed by atoms with Crippen molar-refractivity contribution in [2.75, 3.05) is 57.9 Å². The van der Waals surface area contributed by atoms with Crippen LogP contribution in [0.2, 0.25) is 0 Å². The predicted octanol–water partition coefficient (Wildman–Crippen LogP) is 3.34. The van der Waals surface area contributed by atoms with E-state index in [0.29, 0.717) is 11.8 Å². The van der Waals surface area contributed by atoms with Crippen LogP contribution in [0, 0.1) is 23.5 Å². The number of hydrogen-bond acceptors (Lipinski definition) is 3. The number of anilines is 1. The van der Waals surface area contributed by atoms with Gasteiger partial charge in [0.1, 0.15) is 0 Å². The van der Waals surface area contributed by atoms with Crippen LogP contribution in [-0.4, -0.2) is 63.8 Å². The first kappa shape index (κ1) is 23.1. The Morgan fingerprint density at radius 2 is 2.11 bits per heavy atom. The first-order chi connectivity index (χ1) is 13.1. The fourth-order valence-corrected chi connectivity index (χ4v) is 3.78. The van der Waals surface area contributed by atoms with Gasteiger partial charge in [-0.3, -0.25) is 4.99 Å². The summed E-state index contributed by atoms with van der Waals surface area (Å²) in [7, 11) is 2.07. The molecule has 2 atom stereocenters. The van der Waals surface area contributed by atoms with E-state index in [2.05, 4.69) is 29.1 Å². The summed E-state index contributed by atoms with van der Waals surface area (Å²) in [5.41, 5.74) is 0.741. The van der Waals surface area contributed by atoms with Crippen molar-refractivity contribution >= 4 is 35.6 Å². The molecule has 2 heterocycles. The van der Waals surface area contributed by atoms with E-state index < -0.39 is 11.6 Å². The zero-order chi connectivity index (χ0) is 19.2. The molecule has 0 spiro atoms. The van der Waals surface area contributed by atoms with Crippen molar-refractivity contribution in [3.63, 3.8) is 0 Å². The van der Waals surface area contributed by atoms with Crippen molar-refractivity contribution in [3.05, 3.63) is 29.8 Å². The van der Waals surface area contributed by atoms with Crippen LogP contribution >= 0.6 is 24.0 Å². The van der Waals surface area contributed by atoms with Gasteiger partial charge in [0.25, 0.3) is 0 Å². The first-order valence-electron chi connectivity index (χ1n) is 9.84. The van der Waals surface area contributed by atoms with Crippen LogP contribution in [0.1, 0.15) is 19.8 Å². The Labute approximate surface area is 183 Å². The Morgan fingerprint density at radius 3 is 2.79 bits per heavy atom. The molecular formula is C20H31F2IN4O. The average molecular weight is 508 g/mol. The highest BCUT2D eigenvalue weighted by molar-refractivity contribution is 14.0. The molecule has 0 bridgehead atoms. The zero-order valence-corrected chi connectivity index (χ0v) is 19.0. The Bertz CT molecular complexity index is 655. The minimum atomic E-state index is -0.801. The Balaban J connectivity index is 0.00000280. The van der Waals surface area contributed by atoms with E-state index in [9.17, 15) is 8.78 Å². The van der Waals surface area contributed by atoms with E-state index in [-0.39, 0.29) is 24.0 Å². The molecule has 3 rings (SSSR count). The molecule has 2 aliphatic heterocycles. The third-order valence-electron chi connectivity index (χ3n) is 5.31. The summed E-state index contributed by atoms with van der Waals surface area (Å²) in [4.78, 5) is 9.12. The molecule has 1 aromatic rings. The van der Waals surface area contributed by atoms with E-state index in [1.165, 1.54) is 12.1 Å². The topological polar surface area (TPSA) is 40.1 Å². The summed E-state index contributed by atoms with van der Waals surface area (Å²) in [6.07, 6.45) is 2.11. The number of nitrogens with one attached hydrogen (secondary N) is 1. The van der Waals surface area contributed by atoms with Crippen molar-refractivity contribution < 1.29 is 13.5 Å². The van der Waals surface area contributed by atoms with Gasteiger partial charge in [-0.1, -0.05) is 0 Å². The fraction of sp³-hybridized carbons (Fsp3) is 0.650. The van der Waals surface area contributed by atoms with E-state index >= 15 is 0 Å². The maximum absolute atomic E-state index is 13.5. The summed E-state index contributed by atoms with van der Waals surface area (Å²) in [5, 5.41) is 3.37. The lowest BCUT2D eigenvalue weighted by atomic mass is 10.1. The normalized spacial score (nSPS) is 22.3. The number of ether oxygens (including phenoxy) is 1. The minimum absolute atomic E-state index is 0. The fourth-order valence-electron chi connectivity index (χ4n) is 3.78. The van der Waals surface area contributed by atoms with Crippen LogP contribution in [0.4, 0.5) is 14.5 Å². The van der Waals surface area contributed by atoms with Crippen LogP contribution in [0.3, 0.4) is 0 Å². The highest BCUT2D eigenvalue weighted by Crippen LogP contribution is 2.25. The van der Waals surface area contributed by atoms with Crippen molar-refractivity contribution in [3.8, 4) is 0 Å². The van der Waals surface area contributed by atoms with Gasteiger partial charge in [-0.15, -0.1) is 24.0 Å². The molecule has 2 aliphatic rings. The van der Waals surface area contributed by atoms with E-state index in [1.807, 2.05) is 0 Å². The van der Waals surface area contributed by atoms with Crippen LogP contribution < -0.4 is 10.2 Å². The molecule has 0 amide bonds. The van der Waals surface area contributed by atoms with Gasteiger partial charge in [-0.25, -0.2) is 8.78 Å². The molecule has 1 N–H and O–H groups in total. The molecular weight excluding hydrogens is 477 g/mol. The van der Waals surface area contributed by atoms with Crippen LogP contribution in [0.15, 0.2) is 23.2 Å². The number of nitrogens with zero attached hydrogens (tertiary/aromatic N) is 3. The van der Waals surface area contributed by atoms with Crippen LogP contribution in [0.25, 0.3) is 0 Å². The second-order valence-electron chi connectivity index (χ2n) is 7.50. The largest absolute Gasteiger partial charge is 0.381 e. The zero-order valence-electron chi connectivity index (χ0n) is 16.7. The molecule has 2 saturated heterocycles. The van der Waals surface area contributed by atoms with Gasteiger partial charge in [-0.2, -0.15) is 0 Å². The van der Waals surface area contributed by atoms with Crippen LogP contribution in [0.5, 0.6) is 0 Å². The highest BCUT2D eigenvalue weighted by Gasteiger charge is 2.24. The highest BCUT2D eigenvalue weighted by atomic mass is 127. The van der Waals surface area contributed by atoms with Gasteiger partial charge in [0.05, 0.1) is 6.61 Å². The number of hydrogen-bond donors (Lipinski definition) is 1. The average Bonchev–Trinajstić information content (AvgIpc) is 3.33. The second kappa shape index (κ2) is 11.1. The quantitative estimate of drug-likeness (QED) is 0.364. The maximum Gasteiger partial charge on any atom is 0.193 e. The van der Waals surface area contributed by atoms with Gasteiger partial charge in [0.15, 0.2) is 17.6 Å². The molecule has 8 heteroatoms. The SMILES string of the molecule is CCNC(=NCC1CCN(c2ccc(F)c(F)c2)C1)N(C)CC1CCOC1.I. The molecule has 1 aromatic carbocycles. The van der Waals surface area contributed by atoms with Gasteiger partial charge in [0, 0.05) is 64.0 Å². The summed E-state index contributed by atoms with van der Waals surface area (Å²) in [6.45, 7) is 7.92. The molecule has 0 aliphatic carbocycles. The number of halogens is 3. The molecule has 28 heavy (non-hydrogen) atoms. The van der Waals surface area contributed by atoms with Gasteiger partial charge in [0.2, 0.25) is 0 Å². The van der Waals surface area contributed by atoms with Crippen LogP contribution in [-0.2, 0) is 4.74 Å². The number of benzene rings is 1. The molecule has 2 unspecified atom stereocenters. The molecule has 2 fully saturated rings. The van der Waals surface area contributed by atoms with Crippen molar-refractivity contribution in [2.45, 2.75) is 19.8 Å². The van der Waals surface area contributed by atoms with Gasteiger partial charge >= 0.3 is 0 Å². The monoisotopic (exact) mass is 508 g/mol. The lowest BCUT2D eigenvalue weighted by Gasteiger charge is -2.25. The standard InChI is InChI=1S/C20H30F2N4O.HI/c1-3-23-20(25(2)12-16-7-9-27-14-16)24-11-15-6-8-26(13-15)17-4-5-18(21)19(22)10-17;/h4-5,10,15-16H,3,6-9,11-14H2,1-2H3,(H,23,24);1H. The molecule has 158 valence electrons. The van der Waals surface area contributed by atoms with E-state index in [1.54, 1.807) is 6.07 Å². The van der Waals surface area contributed by atoms with E-state index in [0.717, 1.165) is 70.4 Å². The lowest BCUT2D eigenvalue weighted by molar-refractivity contribution is 0.181. The summed E-state index contributed by atoms with van der Waals surface area (Å²) < 4.78 is 32.1. The third kappa shape index (κ3) is 6.17.